The Morgan fingerprint density at radius 1 is 1.38 bits per heavy atom. The van der Waals surface area contributed by atoms with E-state index < -0.39 is 10.2 Å². The zero-order valence-corrected chi connectivity index (χ0v) is 11.2. The Balaban J connectivity index is 2.73. The molecule has 1 saturated heterocycles. The smallest absolute Gasteiger partial charge is 0.279 e. The van der Waals surface area contributed by atoms with Crippen molar-refractivity contribution in [2.45, 2.75) is 45.2 Å². The number of rotatable bonds is 5. The molecule has 0 radical (unpaired) electrons. The highest BCUT2D eigenvalue weighted by molar-refractivity contribution is 7.87. The molecule has 1 heterocycles. The van der Waals surface area contributed by atoms with Crippen molar-refractivity contribution in [2.24, 2.45) is 0 Å². The molecule has 1 atom stereocenters. The summed E-state index contributed by atoms with van der Waals surface area (Å²) in [5.74, 6) is 0. The van der Waals surface area contributed by atoms with Crippen molar-refractivity contribution in [3.8, 4) is 0 Å². The summed E-state index contributed by atoms with van der Waals surface area (Å²) in [6.45, 7) is 5.04. The molecular weight excluding hydrogens is 226 g/mol. The summed E-state index contributed by atoms with van der Waals surface area (Å²) in [5, 5.41) is 3.06. The van der Waals surface area contributed by atoms with Crippen LogP contribution in [0.1, 0.15) is 33.1 Å². The highest BCUT2D eigenvalue weighted by Crippen LogP contribution is 2.19. The molecule has 1 aliphatic rings. The van der Waals surface area contributed by atoms with Crippen molar-refractivity contribution in [1.82, 2.24) is 14.3 Å². The van der Waals surface area contributed by atoms with Crippen molar-refractivity contribution in [3.05, 3.63) is 0 Å². The summed E-state index contributed by atoms with van der Waals surface area (Å²) in [4.78, 5) is 0. The van der Waals surface area contributed by atoms with E-state index in [2.05, 4.69) is 10.0 Å². The third-order valence-corrected chi connectivity index (χ3v) is 4.57. The monoisotopic (exact) mass is 249 g/mol. The topological polar surface area (TPSA) is 61.4 Å². The number of likely N-dealkylation sites (N-methyl/N-ethyl adjacent to an activating group) is 1. The molecule has 16 heavy (non-hydrogen) atoms. The Labute approximate surface area is 98.8 Å². The highest BCUT2D eigenvalue weighted by atomic mass is 32.2. The lowest BCUT2D eigenvalue weighted by Crippen LogP contribution is -2.53. The van der Waals surface area contributed by atoms with Gasteiger partial charge in [0.05, 0.1) is 0 Å². The largest absolute Gasteiger partial charge is 0.318 e. The number of hydrogen-bond acceptors (Lipinski definition) is 3. The van der Waals surface area contributed by atoms with Crippen molar-refractivity contribution >= 4 is 10.2 Å². The van der Waals surface area contributed by atoms with Crippen LogP contribution in [0.15, 0.2) is 0 Å². The predicted octanol–water partition coefficient (Wildman–Crippen LogP) is 0.303. The van der Waals surface area contributed by atoms with Crippen LogP contribution in [0.4, 0.5) is 0 Å². The van der Waals surface area contributed by atoms with Crippen LogP contribution in [0.3, 0.4) is 0 Å². The second kappa shape index (κ2) is 5.95. The molecule has 0 bridgehead atoms. The maximum atomic E-state index is 12.1. The van der Waals surface area contributed by atoms with Gasteiger partial charge in [-0.2, -0.15) is 17.4 Å². The molecule has 6 heteroatoms. The van der Waals surface area contributed by atoms with E-state index in [-0.39, 0.29) is 12.1 Å². The number of piperidine rings is 1. The Kier molecular flexibility index (Phi) is 5.17. The summed E-state index contributed by atoms with van der Waals surface area (Å²) in [6, 6.07) is 0.0390. The Bertz CT molecular complexity index is 301. The molecular formula is C10H23N3O2S. The summed E-state index contributed by atoms with van der Waals surface area (Å²) < 4.78 is 28.4. The molecule has 0 saturated carbocycles. The van der Waals surface area contributed by atoms with Crippen LogP contribution in [0.5, 0.6) is 0 Å². The Hall–Kier alpha value is -0.170. The van der Waals surface area contributed by atoms with Crippen LogP contribution in [0, 0.1) is 0 Å². The molecule has 1 rings (SSSR count). The first kappa shape index (κ1) is 13.9. The average Bonchev–Trinajstić information content (AvgIpc) is 2.17. The van der Waals surface area contributed by atoms with Gasteiger partial charge in [0.25, 0.3) is 10.2 Å². The van der Waals surface area contributed by atoms with E-state index in [1.54, 1.807) is 4.31 Å². The van der Waals surface area contributed by atoms with Gasteiger partial charge in [0.1, 0.15) is 0 Å². The molecule has 1 aliphatic heterocycles. The van der Waals surface area contributed by atoms with Gasteiger partial charge in [-0.3, -0.25) is 0 Å². The lowest BCUT2D eigenvalue weighted by Gasteiger charge is -2.35. The van der Waals surface area contributed by atoms with E-state index in [1.807, 2.05) is 20.9 Å². The van der Waals surface area contributed by atoms with E-state index in [4.69, 9.17) is 0 Å². The molecule has 0 aromatic heterocycles. The van der Waals surface area contributed by atoms with Crippen molar-refractivity contribution < 1.29 is 8.42 Å². The SMILES string of the molecule is CNCC1CCCCN1S(=O)(=O)NC(C)C. The molecule has 0 aromatic carbocycles. The quantitative estimate of drug-likeness (QED) is 0.737. The molecule has 0 amide bonds. The molecule has 0 aromatic rings. The normalized spacial score (nSPS) is 23.9. The van der Waals surface area contributed by atoms with Gasteiger partial charge in [0, 0.05) is 25.2 Å². The van der Waals surface area contributed by atoms with Gasteiger partial charge in [-0.15, -0.1) is 0 Å². The van der Waals surface area contributed by atoms with Gasteiger partial charge in [-0.05, 0) is 33.7 Å². The van der Waals surface area contributed by atoms with Crippen LogP contribution in [-0.2, 0) is 10.2 Å². The molecule has 0 aliphatic carbocycles. The average molecular weight is 249 g/mol. The number of nitrogens with one attached hydrogen (secondary N) is 2. The predicted molar refractivity (Wildman–Crippen MR) is 65.5 cm³/mol. The fraction of sp³-hybridized carbons (Fsp3) is 1.00. The van der Waals surface area contributed by atoms with Crippen LogP contribution in [0.25, 0.3) is 0 Å². The second-order valence-corrected chi connectivity index (χ2v) is 6.25. The van der Waals surface area contributed by atoms with E-state index in [0.717, 1.165) is 25.8 Å². The van der Waals surface area contributed by atoms with Crippen LogP contribution >= 0.6 is 0 Å². The van der Waals surface area contributed by atoms with Gasteiger partial charge < -0.3 is 5.32 Å². The van der Waals surface area contributed by atoms with Gasteiger partial charge in [0.2, 0.25) is 0 Å². The fourth-order valence-electron chi connectivity index (χ4n) is 2.10. The lowest BCUT2D eigenvalue weighted by molar-refractivity contribution is 0.245. The van der Waals surface area contributed by atoms with E-state index in [9.17, 15) is 8.42 Å². The molecule has 1 fully saturated rings. The lowest BCUT2D eigenvalue weighted by atomic mass is 10.1. The Morgan fingerprint density at radius 2 is 2.06 bits per heavy atom. The zero-order valence-electron chi connectivity index (χ0n) is 10.4. The minimum absolute atomic E-state index is 0.0536. The zero-order chi connectivity index (χ0) is 12.2. The minimum atomic E-state index is -3.31. The number of nitrogens with zero attached hydrogens (tertiary/aromatic N) is 1. The van der Waals surface area contributed by atoms with Gasteiger partial charge >= 0.3 is 0 Å². The molecule has 2 N–H and O–H groups in total. The maximum absolute atomic E-state index is 12.1. The van der Waals surface area contributed by atoms with Crippen molar-refractivity contribution in [1.29, 1.82) is 0 Å². The van der Waals surface area contributed by atoms with Gasteiger partial charge in [0.15, 0.2) is 0 Å². The molecule has 1 unspecified atom stereocenters. The maximum Gasteiger partial charge on any atom is 0.279 e. The standard InChI is InChI=1S/C10H23N3O2S/c1-9(2)12-16(14,15)13-7-5-4-6-10(13)8-11-3/h9-12H,4-8H2,1-3H3. The fourth-order valence-corrected chi connectivity index (χ4v) is 3.77. The summed E-state index contributed by atoms with van der Waals surface area (Å²) >= 11 is 0. The molecule has 0 spiro atoms. The van der Waals surface area contributed by atoms with Crippen LogP contribution in [0.2, 0.25) is 0 Å². The van der Waals surface area contributed by atoms with Gasteiger partial charge in [-0.25, -0.2) is 0 Å². The number of hydrogen-bond donors (Lipinski definition) is 2. The van der Waals surface area contributed by atoms with Gasteiger partial charge in [-0.1, -0.05) is 6.42 Å². The van der Waals surface area contributed by atoms with Crippen molar-refractivity contribution in [2.75, 3.05) is 20.1 Å². The first-order valence-electron chi connectivity index (χ1n) is 5.91. The summed E-state index contributed by atoms with van der Waals surface area (Å²) in [6.07, 6.45) is 3.01. The third kappa shape index (κ3) is 3.69. The first-order chi connectivity index (χ1) is 7.47. The minimum Gasteiger partial charge on any atom is -0.318 e. The van der Waals surface area contributed by atoms with E-state index in [0.29, 0.717) is 6.54 Å². The molecule has 5 nitrogen and oxygen atoms in total. The van der Waals surface area contributed by atoms with E-state index >= 15 is 0 Å². The molecule has 96 valence electrons. The third-order valence-electron chi connectivity index (χ3n) is 2.71. The second-order valence-electron chi connectivity index (χ2n) is 4.60. The van der Waals surface area contributed by atoms with Crippen LogP contribution in [-0.4, -0.2) is 44.9 Å². The van der Waals surface area contributed by atoms with Crippen LogP contribution < -0.4 is 10.0 Å². The van der Waals surface area contributed by atoms with Crippen molar-refractivity contribution in [3.63, 3.8) is 0 Å². The van der Waals surface area contributed by atoms with E-state index in [1.165, 1.54) is 0 Å². The summed E-state index contributed by atoms with van der Waals surface area (Å²) in [7, 11) is -1.45. The Morgan fingerprint density at radius 3 is 2.62 bits per heavy atom. The summed E-state index contributed by atoms with van der Waals surface area (Å²) in [5.41, 5.74) is 0. The first-order valence-corrected chi connectivity index (χ1v) is 7.35. The highest BCUT2D eigenvalue weighted by Gasteiger charge is 2.31.